The zero-order chi connectivity index (χ0) is 20.5. The fourth-order valence-electron chi connectivity index (χ4n) is 4.61. The summed E-state index contributed by atoms with van der Waals surface area (Å²) in [5, 5.41) is 10.8. The first kappa shape index (κ1) is 19.5. The fourth-order valence-corrected chi connectivity index (χ4v) is 4.61. The molecule has 1 saturated carbocycles. The summed E-state index contributed by atoms with van der Waals surface area (Å²) in [6, 6.07) is 7.90. The van der Waals surface area contributed by atoms with Crippen LogP contribution in [0.4, 0.5) is 8.78 Å². The molecule has 0 saturated heterocycles. The van der Waals surface area contributed by atoms with Crippen LogP contribution in [0.25, 0.3) is 16.6 Å². The van der Waals surface area contributed by atoms with Crippen molar-refractivity contribution in [2.75, 3.05) is 6.54 Å². The Morgan fingerprint density at radius 3 is 2.62 bits per heavy atom. The van der Waals surface area contributed by atoms with Gasteiger partial charge in [-0.25, -0.2) is 0 Å². The molecule has 0 atom stereocenters. The highest BCUT2D eigenvalue weighted by atomic mass is 19.3. The van der Waals surface area contributed by atoms with Crippen molar-refractivity contribution in [2.24, 2.45) is 0 Å². The van der Waals surface area contributed by atoms with E-state index < -0.39 is 6.61 Å². The van der Waals surface area contributed by atoms with Crippen LogP contribution in [0.3, 0.4) is 0 Å². The van der Waals surface area contributed by atoms with E-state index in [1.54, 1.807) is 12.1 Å². The predicted molar refractivity (Wildman–Crippen MR) is 110 cm³/mol. The number of nitriles is 1. The van der Waals surface area contributed by atoms with E-state index >= 15 is 0 Å². The number of hydrogen-bond acceptors (Lipinski definition) is 3. The molecular weight excluding hydrogens is 372 g/mol. The van der Waals surface area contributed by atoms with E-state index in [2.05, 4.69) is 46.3 Å². The largest absolute Gasteiger partial charge is 0.435 e. The molecule has 152 valence electrons. The molecule has 29 heavy (non-hydrogen) atoms. The summed E-state index contributed by atoms with van der Waals surface area (Å²) in [5.41, 5.74) is 3.34. The van der Waals surface area contributed by atoms with Gasteiger partial charge in [0.1, 0.15) is 11.8 Å². The molecule has 0 radical (unpaired) electrons. The molecule has 4 nitrogen and oxygen atoms in total. The van der Waals surface area contributed by atoms with E-state index in [0.717, 1.165) is 49.1 Å². The van der Waals surface area contributed by atoms with Crippen molar-refractivity contribution in [2.45, 2.75) is 58.2 Å². The molecule has 0 amide bonds. The standard InChI is InChI=1S/C23H25F2N3O/c1-15(2)27-12-6-5-9-21(27)22-19(14-26)18-13-17(29-23(24)25)10-11-20(18)28(22)16-7-3-4-8-16/h5-6,9-11,13,15-16,23H,3-4,7-8,12H2,1-2H3. The average molecular weight is 397 g/mol. The Kier molecular flexibility index (Phi) is 5.31. The topological polar surface area (TPSA) is 41.2 Å². The van der Waals surface area contributed by atoms with Gasteiger partial charge in [-0.3, -0.25) is 0 Å². The molecule has 2 aromatic rings. The van der Waals surface area contributed by atoms with Gasteiger partial charge in [-0.2, -0.15) is 14.0 Å². The van der Waals surface area contributed by atoms with Crippen LogP contribution >= 0.6 is 0 Å². The van der Waals surface area contributed by atoms with Crippen LogP contribution in [0, 0.1) is 11.3 Å². The van der Waals surface area contributed by atoms with Gasteiger partial charge in [0, 0.05) is 24.0 Å². The second-order valence-corrected chi connectivity index (χ2v) is 7.93. The summed E-state index contributed by atoms with van der Waals surface area (Å²) in [6.07, 6.45) is 10.6. The molecule has 0 unspecified atom stereocenters. The van der Waals surface area contributed by atoms with Crippen molar-refractivity contribution >= 4 is 16.6 Å². The Balaban J connectivity index is 1.98. The second kappa shape index (κ2) is 7.90. The molecular formula is C23H25F2N3O. The Labute approximate surface area is 169 Å². The number of aromatic nitrogens is 1. The molecule has 1 aliphatic carbocycles. The van der Waals surface area contributed by atoms with Crippen LogP contribution in [0.15, 0.2) is 36.4 Å². The highest BCUT2D eigenvalue weighted by Crippen LogP contribution is 2.42. The van der Waals surface area contributed by atoms with E-state index in [4.69, 9.17) is 0 Å². The van der Waals surface area contributed by atoms with Gasteiger partial charge < -0.3 is 14.2 Å². The number of allylic oxidation sites excluding steroid dienone is 2. The summed E-state index contributed by atoms with van der Waals surface area (Å²) in [4.78, 5) is 2.27. The third-order valence-corrected chi connectivity index (χ3v) is 5.87. The van der Waals surface area contributed by atoms with Crippen molar-refractivity contribution in [1.29, 1.82) is 5.26 Å². The molecule has 2 heterocycles. The number of rotatable bonds is 5. The minimum Gasteiger partial charge on any atom is -0.435 e. The zero-order valence-electron chi connectivity index (χ0n) is 16.7. The Morgan fingerprint density at radius 1 is 1.21 bits per heavy atom. The summed E-state index contributed by atoms with van der Waals surface area (Å²) in [7, 11) is 0. The molecule has 0 spiro atoms. The molecule has 2 aliphatic rings. The molecule has 4 rings (SSSR count). The van der Waals surface area contributed by atoms with Crippen LogP contribution in [-0.4, -0.2) is 28.7 Å². The number of nitrogens with zero attached hydrogens (tertiary/aromatic N) is 3. The first-order chi connectivity index (χ1) is 14.0. The minimum absolute atomic E-state index is 0.0809. The van der Waals surface area contributed by atoms with Gasteiger partial charge in [0.05, 0.1) is 22.5 Å². The average Bonchev–Trinajstić information content (AvgIpc) is 3.32. The number of alkyl halides is 2. The monoisotopic (exact) mass is 397 g/mol. The molecule has 6 heteroatoms. The summed E-state index contributed by atoms with van der Waals surface area (Å²) >= 11 is 0. The van der Waals surface area contributed by atoms with Gasteiger partial charge in [-0.15, -0.1) is 0 Å². The number of hydrogen-bond donors (Lipinski definition) is 0. The number of halogens is 2. The van der Waals surface area contributed by atoms with Gasteiger partial charge in [-0.1, -0.05) is 25.0 Å². The lowest BCUT2D eigenvalue weighted by Gasteiger charge is -2.33. The van der Waals surface area contributed by atoms with Crippen LogP contribution in [0.2, 0.25) is 0 Å². The lowest BCUT2D eigenvalue weighted by atomic mass is 10.1. The van der Waals surface area contributed by atoms with E-state index in [-0.39, 0.29) is 11.8 Å². The maximum absolute atomic E-state index is 12.7. The highest BCUT2D eigenvalue weighted by molar-refractivity contribution is 5.94. The third kappa shape index (κ3) is 3.50. The van der Waals surface area contributed by atoms with Gasteiger partial charge in [0.15, 0.2) is 0 Å². The van der Waals surface area contributed by atoms with Crippen LogP contribution in [-0.2, 0) is 0 Å². The van der Waals surface area contributed by atoms with Crippen molar-refractivity contribution in [3.8, 4) is 11.8 Å². The van der Waals surface area contributed by atoms with Gasteiger partial charge in [0.25, 0.3) is 0 Å². The van der Waals surface area contributed by atoms with E-state index in [9.17, 15) is 14.0 Å². The van der Waals surface area contributed by atoms with Gasteiger partial charge >= 0.3 is 6.61 Å². The smallest absolute Gasteiger partial charge is 0.387 e. The van der Waals surface area contributed by atoms with Gasteiger partial charge in [-0.05, 0) is 51.0 Å². The zero-order valence-corrected chi connectivity index (χ0v) is 16.7. The molecule has 1 fully saturated rings. The SMILES string of the molecule is CC(C)N1CC=CC=C1c1c(C#N)c2cc(OC(F)F)ccc2n1C1CCCC1. The van der Waals surface area contributed by atoms with E-state index in [0.29, 0.717) is 17.0 Å². The quantitative estimate of drug-likeness (QED) is 0.635. The van der Waals surface area contributed by atoms with Crippen molar-refractivity contribution in [1.82, 2.24) is 9.47 Å². The Bertz CT molecular complexity index is 1010. The normalized spacial score (nSPS) is 17.4. The number of ether oxygens (including phenoxy) is 1. The third-order valence-electron chi connectivity index (χ3n) is 5.87. The summed E-state index contributed by atoms with van der Waals surface area (Å²) < 4.78 is 32.4. The molecule has 0 N–H and O–H groups in total. The molecule has 1 aliphatic heterocycles. The Hall–Kier alpha value is -2.81. The van der Waals surface area contributed by atoms with Crippen molar-refractivity contribution < 1.29 is 13.5 Å². The van der Waals surface area contributed by atoms with Crippen LogP contribution in [0.5, 0.6) is 5.75 Å². The maximum atomic E-state index is 12.7. The van der Waals surface area contributed by atoms with E-state index in [1.807, 2.05) is 12.1 Å². The molecule has 1 aromatic heterocycles. The Morgan fingerprint density at radius 2 is 1.97 bits per heavy atom. The van der Waals surface area contributed by atoms with Gasteiger partial charge in [0.2, 0.25) is 0 Å². The fraction of sp³-hybridized carbons (Fsp3) is 0.435. The minimum atomic E-state index is -2.89. The first-order valence-electron chi connectivity index (χ1n) is 10.2. The summed E-state index contributed by atoms with van der Waals surface area (Å²) in [6.45, 7) is 2.16. The molecule has 0 bridgehead atoms. The predicted octanol–water partition coefficient (Wildman–Crippen LogP) is 5.85. The number of benzene rings is 1. The highest BCUT2D eigenvalue weighted by Gasteiger charge is 2.30. The maximum Gasteiger partial charge on any atom is 0.387 e. The molecule has 1 aromatic carbocycles. The lowest BCUT2D eigenvalue weighted by molar-refractivity contribution is -0.0497. The summed E-state index contributed by atoms with van der Waals surface area (Å²) in [5.74, 6) is 0.0809. The second-order valence-electron chi connectivity index (χ2n) is 7.93. The van der Waals surface area contributed by atoms with E-state index in [1.165, 1.54) is 0 Å². The first-order valence-corrected chi connectivity index (χ1v) is 10.2. The van der Waals surface area contributed by atoms with Crippen molar-refractivity contribution in [3.05, 3.63) is 47.7 Å². The van der Waals surface area contributed by atoms with Crippen molar-refractivity contribution in [3.63, 3.8) is 0 Å². The number of fused-ring (bicyclic) bond motifs is 1. The van der Waals surface area contributed by atoms with Crippen LogP contribution < -0.4 is 4.74 Å². The lowest BCUT2D eigenvalue weighted by Crippen LogP contribution is -2.32. The van der Waals surface area contributed by atoms with Crippen LogP contribution in [0.1, 0.15) is 56.8 Å².